The average Bonchev–Trinajstić information content (AvgIpc) is 2.96. The summed E-state index contributed by atoms with van der Waals surface area (Å²) >= 11 is 0. The van der Waals surface area contributed by atoms with Crippen molar-refractivity contribution in [3.63, 3.8) is 0 Å². The molecule has 2 amide bonds. The van der Waals surface area contributed by atoms with E-state index in [1.54, 1.807) is 6.92 Å². The molecule has 0 unspecified atom stereocenters. The normalized spacial score (nSPS) is 16.2. The quantitative estimate of drug-likeness (QED) is 0.381. The van der Waals surface area contributed by atoms with E-state index in [0.29, 0.717) is 37.5 Å². The molecule has 1 aliphatic rings. The monoisotopic (exact) mass is 508 g/mol. The summed E-state index contributed by atoms with van der Waals surface area (Å²) in [5.74, 6) is 1.31. The van der Waals surface area contributed by atoms with E-state index in [2.05, 4.69) is 17.4 Å². The molecule has 0 bridgehead atoms. The molecule has 2 atom stereocenters. The van der Waals surface area contributed by atoms with E-state index in [1.807, 2.05) is 95.6 Å². The number of hydrogen-bond donors (Lipinski definition) is 1. The Hall–Kier alpha value is -4.39. The molecule has 1 aromatic heterocycles. The Labute approximate surface area is 223 Å². The molecule has 0 saturated carbocycles. The number of ether oxygens (including phenoxy) is 1. The van der Waals surface area contributed by atoms with Gasteiger partial charge in [0, 0.05) is 43.2 Å². The Morgan fingerprint density at radius 3 is 2.42 bits per heavy atom. The van der Waals surface area contributed by atoms with Crippen LogP contribution in [0.15, 0.2) is 91.0 Å². The Bertz CT molecular complexity index is 1410. The lowest BCUT2D eigenvalue weighted by Gasteiger charge is -2.40. The molecule has 2 heterocycles. The first-order valence-electron chi connectivity index (χ1n) is 13.0. The fourth-order valence-electron chi connectivity index (χ4n) is 4.82. The number of piperazine rings is 1. The second kappa shape index (κ2) is 11.3. The highest BCUT2D eigenvalue weighted by atomic mass is 16.5. The number of nitrogens with one attached hydrogen (secondary N) is 1. The standard InChI is InChI=1S/C31H32N4O3/c1-22-21-34(31(37)25-12-7-4-8-13-25)18-19-35(22)30(36)23(2)38-28-15-9-14-27-26(28)16-17-29(33-27)32-20-24-10-5-3-6-11-24/h3-17,22-23H,18-21H2,1-2H3,(H,32,33)/t22-,23+/m1/s1. The number of rotatable bonds is 7. The minimum atomic E-state index is -0.671. The van der Waals surface area contributed by atoms with Crippen LogP contribution in [0, 0.1) is 0 Å². The number of nitrogens with zero attached hydrogens (tertiary/aromatic N) is 3. The molecule has 0 aliphatic carbocycles. The maximum absolute atomic E-state index is 13.3. The molecule has 4 aromatic rings. The van der Waals surface area contributed by atoms with Gasteiger partial charge in [0.25, 0.3) is 11.8 Å². The van der Waals surface area contributed by atoms with Crippen molar-refractivity contribution in [2.45, 2.75) is 32.5 Å². The van der Waals surface area contributed by atoms with Crippen molar-refractivity contribution in [1.82, 2.24) is 14.8 Å². The van der Waals surface area contributed by atoms with Gasteiger partial charge < -0.3 is 19.9 Å². The number of carbonyl (C=O) groups excluding carboxylic acids is 2. The van der Waals surface area contributed by atoms with Crippen molar-refractivity contribution in [2.75, 3.05) is 25.0 Å². The number of fused-ring (bicyclic) bond motifs is 1. The highest BCUT2D eigenvalue weighted by Crippen LogP contribution is 2.27. The third-order valence-electron chi connectivity index (χ3n) is 6.88. The van der Waals surface area contributed by atoms with E-state index in [-0.39, 0.29) is 17.9 Å². The van der Waals surface area contributed by atoms with Gasteiger partial charge >= 0.3 is 0 Å². The first kappa shape index (κ1) is 25.3. The van der Waals surface area contributed by atoms with Crippen LogP contribution in [0.3, 0.4) is 0 Å². The zero-order valence-corrected chi connectivity index (χ0v) is 21.7. The summed E-state index contributed by atoms with van der Waals surface area (Å²) in [7, 11) is 0. The van der Waals surface area contributed by atoms with Gasteiger partial charge in [-0.15, -0.1) is 0 Å². The fourth-order valence-corrected chi connectivity index (χ4v) is 4.82. The molecule has 194 valence electrons. The van der Waals surface area contributed by atoms with Crippen molar-refractivity contribution in [1.29, 1.82) is 0 Å². The fraction of sp³-hybridized carbons (Fsp3) is 0.258. The number of pyridine rings is 1. The molecule has 1 fully saturated rings. The highest BCUT2D eigenvalue weighted by Gasteiger charge is 2.33. The minimum absolute atomic E-state index is 0.00488. The summed E-state index contributed by atoms with van der Waals surface area (Å²) in [4.78, 5) is 34.5. The van der Waals surface area contributed by atoms with Gasteiger partial charge in [-0.25, -0.2) is 4.98 Å². The predicted molar refractivity (Wildman–Crippen MR) is 149 cm³/mol. The van der Waals surface area contributed by atoms with Crippen molar-refractivity contribution in [3.05, 3.63) is 102 Å². The third kappa shape index (κ3) is 5.62. The van der Waals surface area contributed by atoms with Crippen LogP contribution in [0.2, 0.25) is 0 Å². The summed E-state index contributed by atoms with van der Waals surface area (Å²) < 4.78 is 6.17. The Kier molecular flexibility index (Phi) is 7.54. The van der Waals surface area contributed by atoms with Crippen LogP contribution in [-0.4, -0.2) is 58.4 Å². The maximum Gasteiger partial charge on any atom is 0.263 e. The molecular weight excluding hydrogens is 476 g/mol. The van der Waals surface area contributed by atoms with Crippen molar-refractivity contribution in [2.24, 2.45) is 0 Å². The summed E-state index contributed by atoms with van der Waals surface area (Å²) in [6.45, 7) is 5.89. The molecule has 3 aromatic carbocycles. The minimum Gasteiger partial charge on any atom is -0.480 e. The van der Waals surface area contributed by atoms with Crippen LogP contribution in [-0.2, 0) is 11.3 Å². The van der Waals surface area contributed by atoms with Crippen LogP contribution in [0.25, 0.3) is 10.9 Å². The molecule has 0 radical (unpaired) electrons. The summed E-state index contributed by atoms with van der Waals surface area (Å²) in [6, 6.07) is 28.9. The largest absolute Gasteiger partial charge is 0.480 e. The van der Waals surface area contributed by atoms with Gasteiger partial charge in [0.15, 0.2) is 6.10 Å². The average molecular weight is 509 g/mol. The van der Waals surface area contributed by atoms with E-state index < -0.39 is 6.10 Å². The molecule has 1 N–H and O–H groups in total. The number of carbonyl (C=O) groups is 2. The molecular formula is C31H32N4O3. The highest BCUT2D eigenvalue weighted by molar-refractivity contribution is 5.94. The first-order valence-corrected chi connectivity index (χ1v) is 13.0. The molecule has 1 aliphatic heterocycles. The lowest BCUT2D eigenvalue weighted by atomic mass is 10.1. The van der Waals surface area contributed by atoms with Crippen molar-refractivity contribution in [3.8, 4) is 5.75 Å². The predicted octanol–water partition coefficient (Wildman–Crippen LogP) is 4.99. The van der Waals surface area contributed by atoms with Gasteiger partial charge in [0.2, 0.25) is 0 Å². The second-order valence-corrected chi connectivity index (χ2v) is 9.62. The van der Waals surface area contributed by atoms with Gasteiger partial charge in [0.1, 0.15) is 11.6 Å². The van der Waals surface area contributed by atoms with Crippen LogP contribution >= 0.6 is 0 Å². The van der Waals surface area contributed by atoms with Gasteiger partial charge in [-0.3, -0.25) is 9.59 Å². The second-order valence-electron chi connectivity index (χ2n) is 9.62. The molecule has 7 heteroatoms. The zero-order chi connectivity index (χ0) is 26.5. The van der Waals surface area contributed by atoms with E-state index in [4.69, 9.17) is 9.72 Å². The van der Waals surface area contributed by atoms with E-state index in [0.717, 1.165) is 16.7 Å². The molecule has 1 saturated heterocycles. The lowest BCUT2D eigenvalue weighted by Crippen LogP contribution is -2.57. The summed E-state index contributed by atoms with van der Waals surface area (Å²) in [5.41, 5.74) is 2.64. The first-order chi connectivity index (χ1) is 18.5. The van der Waals surface area contributed by atoms with E-state index in [1.165, 1.54) is 5.56 Å². The zero-order valence-electron chi connectivity index (χ0n) is 21.7. The number of aromatic nitrogens is 1. The van der Waals surface area contributed by atoms with E-state index >= 15 is 0 Å². The van der Waals surface area contributed by atoms with Gasteiger partial charge in [-0.05, 0) is 55.8 Å². The number of benzene rings is 3. The third-order valence-corrected chi connectivity index (χ3v) is 6.88. The van der Waals surface area contributed by atoms with Gasteiger partial charge in [-0.2, -0.15) is 0 Å². The molecule has 5 rings (SSSR count). The topological polar surface area (TPSA) is 74.8 Å². The van der Waals surface area contributed by atoms with Crippen molar-refractivity contribution < 1.29 is 14.3 Å². The van der Waals surface area contributed by atoms with Crippen LogP contribution in [0.5, 0.6) is 5.75 Å². The Morgan fingerprint density at radius 2 is 1.68 bits per heavy atom. The Morgan fingerprint density at radius 1 is 0.947 bits per heavy atom. The number of amides is 2. The summed E-state index contributed by atoms with van der Waals surface area (Å²) in [5, 5.41) is 4.21. The Balaban J connectivity index is 1.22. The number of anilines is 1. The van der Waals surface area contributed by atoms with Gasteiger partial charge in [-0.1, -0.05) is 54.6 Å². The molecule has 0 spiro atoms. The molecule has 38 heavy (non-hydrogen) atoms. The summed E-state index contributed by atoms with van der Waals surface area (Å²) in [6.07, 6.45) is -0.671. The van der Waals surface area contributed by atoms with Crippen LogP contribution in [0.1, 0.15) is 29.8 Å². The SMILES string of the molecule is C[C@H](Oc1cccc2nc(NCc3ccccc3)ccc12)C(=O)N1CCN(C(=O)c2ccccc2)C[C@H]1C. The number of hydrogen-bond acceptors (Lipinski definition) is 5. The van der Waals surface area contributed by atoms with E-state index in [9.17, 15) is 9.59 Å². The smallest absolute Gasteiger partial charge is 0.263 e. The van der Waals surface area contributed by atoms with Crippen LogP contribution in [0.4, 0.5) is 5.82 Å². The maximum atomic E-state index is 13.3. The van der Waals surface area contributed by atoms with Crippen LogP contribution < -0.4 is 10.1 Å². The van der Waals surface area contributed by atoms with Crippen molar-refractivity contribution >= 4 is 28.5 Å². The lowest BCUT2D eigenvalue weighted by molar-refractivity contribution is -0.142. The molecule has 7 nitrogen and oxygen atoms in total. The van der Waals surface area contributed by atoms with Gasteiger partial charge in [0.05, 0.1) is 5.52 Å².